The molecule has 0 N–H and O–H groups in total. The maximum absolute atomic E-state index is 12.9. The lowest BCUT2D eigenvalue weighted by molar-refractivity contribution is 0.0776. The molecule has 2 aliphatic heterocycles. The zero-order valence-corrected chi connectivity index (χ0v) is 16.0. The molecule has 3 aromatic rings. The van der Waals surface area contributed by atoms with Crippen LogP contribution < -0.4 is 9.64 Å². The number of anilines is 1. The molecular formula is C20H21N7O2. The fourth-order valence-corrected chi connectivity index (χ4v) is 4.13. The fourth-order valence-electron chi connectivity index (χ4n) is 4.13. The summed E-state index contributed by atoms with van der Waals surface area (Å²) >= 11 is 0. The third-order valence-corrected chi connectivity index (χ3v) is 5.58. The third kappa shape index (κ3) is 3.28. The first kappa shape index (κ1) is 17.6. The maximum Gasteiger partial charge on any atom is 0.276 e. The van der Waals surface area contributed by atoms with Crippen molar-refractivity contribution in [2.24, 2.45) is 11.8 Å². The van der Waals surface area contributed by atoms with Crippen LogP contribution in [0.25, 0.3) is 5.69 Å². The number of fused-ring (bicyclic) bond motifs is 1. The van der Waals surface area contributed by atoms with E-state index in [1.54, 1.807) is 25.6 Å². The Morgan fingerprint density at radius 2 is 1.83 bits per heavy atom. The number of para-hydroxylation sites is 1. The lowest BCUT2D eigenvalue weighted by atomic mass is 10.0. The number of carbonyl (C=O) groups is 1. The monoisotopic (exact) mass is 391 g/mol. The molecule has 1 amide bonds. The molecule has 2 unspecified atom stereocenters. The molecule has 9 nitrogen and oxygen atoms in total. The molecule has 2 aromatic heterocycles. The zero-order valence-electron chi connectivity index (χ0n) is 16.0. The van der Waals surface area contributed by atoms with Gasteiger partial charge >= 0.3 is 0 Å². The van der Waals surface area contributed by atoms with Crippen LogP contribution in [-0.4, -0.2) is 69.1 Å². The summed E-state index contributed by atoms with van der Waals surface area (Å²) in [6, 6.07) is 11.3. The first-order valence-electron chi connectivity index (χ1n) is 9.60. The summed E-state index contributed by atoms with van der Waals surface area (Å²) in [6.45, 7) is 3.08. The van der Waals surface area contributed by atoms with Gasteiger partial charge in [-0.2, -0.15) is 14.9 Å². The molecule has 0 aliphatic carbocycles. The van der Waals surface area contributed by atoms with Crippen molar-refractivity contribution in [3.63, 3.8) is 0 Å². The first-order valence-corrected chi connectivity index (χ1v) is 9.60. The van der Waals surface area contributed by atoms with E-state index in [1.165, 1.54) is 4.80 Å². The quantitative estimate of drug-likeness (QED) is 0.662. The molecule has 148 valence electrons. The minimum atomic E-state index is -0.0641. The number of amides is 1. The number of ether oxygens (including phenoxy) is 1. The van der Waals surface area contributed by atoms with Crippen molar-refractivity contribution in [2.45, 2.75) is 0 Å². The second-order valence-electron chi connectivity index (χ2n) is 7.39. The van der Waals surface area contributed by atoms with Crippen LogP contribution in [0.1, 0.15) is 10.5 Å². The summed E-state index contributed by atoms with van der Waals surface area (Å²) in [7, 11) is 1.60. The van der Waals surface area contributed by atoms with Gasteiger partial charge in [0, 0.05) is 50.3 Å². The maximum atomic E-state index is 12.9. The molecule has 4 heterocycles. The van der Waals surface area contributed by atoms with Crippen molar-refractivity contribution in [1.82, 2.24) is 29.9 Å². The van der Waals surface area contributed by atoms with Crippen LogP contribution in [0.2, 0.25) is 0 Å². The molecular weight excluding hydrogens is 370 g/mol. The SMILES string of the molecule is COc1ccnc(N2CC3CN(C(=O)c4cnn(-c5ccccc5)n4)CC3C2)n1. The Morgan fingerprint density at radius 3 is 2.55 bits per heavy atom. The van der Waals surface area contributed by atoms with Gasteiger partial charge in [0.05, 0.1) is 19.0 Å². The summed E-state index contributed by atoms with van der Waals surface area (Å²) in [5, 5.41) is 8.61. The molecule has 2 saturated heterocycles. The average molecular weight is 391 g/mol. The van der Waals surface area contributed by atoms with Crippen molar-refractivity contribution in [3.05, 3.63) is 54.5 Å². The number of hydrogen-bond acceptors (Lipinski definition) is 7. The lowest BCUT2D eigenvalue weighted by Crippen LogP contribution is -2.34. The summed E-state index contributed by atoms with van der Waals surface area (Å²) < 4.78 is 5.19. The Balaban J connectivity index is 1.25. The van der Waals surface area contributed by atoms with Gasteiger partial charge in [0.15, 0.2) is 5.69 Å². The van der Waals surface area contributed by atoms with E-state index < -0.39 is 0 Å². The van der Waals surface area contributed by atoms with Gasteiger partial charge in [-0.1, -0.05) is 18.2 Å². The van der Waals surface area contributed by atoms with Crippen molar-refractivity contribution < 1.29 is 9.53 Å². The van der Waals surface area contributed by atoms with Gasteiger partial charge in [0.25, 0.3) is 5.91 Å². The topological polar surface area (TPSA) is 89.3 Å². The number of carbonyl (C=O) groups excluding carboxylic acids is 1. The number of likely N-dealkylation sites (tertiary alicyclic amines) is 1. The van der Waals surface area contributed by atoms with Crippen LogP contribution in [-0.2, 0) is 0 Å². The summed E-state index contributed by atoms with van der Waals surface area (Å²) in [6.07, 6.45) is 3.25. The Labute approximate surface area is 167 Å². The van der Waals surface area contributed by atoms with Crippen molar-refractivity contribution in [2.75, 3.05) is 38.2 Å². The van der Waals surface area contributed by atoms with Gasteiger partial charge in [-0.3, -0.25) is 4.79 Å². The minimum Gasteiger partial charge on any atom is -0.481 e. The first-order chi connectivity index (χ1) is 14.2. The molecule has 0 saturated carbocycles. The van der Waals surface area contributed by atoms with E-state index in [2.05, 4.69) is 25.1 Å². The Kier molecular flexibility index (Phi) is 4.34. The number of rotatable bonds is 4. The van der Waals surface area contributed by atoms with Crippen LogP contribution in [0.3, 0.4) is 0 Å². The Bertz CT molecular complexity index is 1010. The van der Waals surface area contributed by atoms with Gasteiger partial charge < -0.3 is 14.5 Å². The zero-order chi connectivity index (χ0) is 19.8. The second-order valence-corrected chi connectivity index (χ2v) is 7.39. The normalized spacial score (nSPS) is 20.7. The standard InChI is InChI=1S/C20H21N7O2/c1-29-18-7-8-21-20(23-18)26-12-14-10-25(11-15(14)13-26)19(28)17-9-22-27(24-17)16-5-3-2-4-6-16/h2-9,14-15H,10-13H2,1H3. The highest BCUT2D eigenvalue weighted by Gasteiger charge is 2.43. The highest BCUT2D eigenvalue weighted by Crippen LogP contribution is 2.33. The summed E-state index contributed by atoms with van der Waals surface area (Å²) in [5.74, 6) is 1.98. The second kappa shape index (κ2) is 7.16. The lowest BCUT2D eigenvalue weighted by Gasteiger charge is -2.21. The number of hydrogen-bond donors (Lipinski definition) is 0. The third-order valence-electron chi connectivity index (χ3n) is 5.58. The average Bonchev–Trinajstić information content (AvgIpc) is 3.49. The number of benzene rings is 1. The van der Waals surface area contributed by atoms with E-state index in [4.69, 9.17) is 4.74 Å². The largest absolute Gasteiger partial charge is 0.481 e. The predicted octanol–water partition coefficient (Wildman–Crippen LogP) is 1.27. The summed E-state index contributed by atoms with van der Waals surface area (Å²) in [5.41, 5.74) is 1.21. The predicted molar refractivity (Wildman–Crippen MR) is 105 cm³/mol. The van der Waals surface area contributed by atoms with E-state index in [1.807, 2.05) is 35.2 Å². The van der Waals surface area contributed by atoms with Gasteiger partial charge in [-0.05, 0) is 12.1 Å². The molecule has 0 radical (unpaired) electrons. The minimum absolute atomic E-state index is 0.0641. The number of aromatic nitrogens is 5. The van der Waals surface area contributed by atoms with E-state index in [0.29, 0.717) is 42.4 Å². The van der Waals surface area contributed by atoms with Crippen LogP contribution in [0.4, 0.5) is 5.95 Å². The Hall–Kier alpha value is -3.49. The van der Waals surface area contributed by atoms with E-state index in [0.717, 1.165) is 18.8 Å². The molecule has 1 aromatic carbocycles. The molecule has 2 aliphatic rings. The Morgan fingerprint density at radius 1 is 1.07 bits per heavy atom. The molecule has 2 atom stereocenters. The van der Waals surface area contributed by atoms with Gasteiger partial charge in [-0.25, -0.2) is 4.98 Å². The molecule has 5 rings (SSSR count). The molecule has 29 heavy (non-hydrogen) atoms. The number of methoxy groups -OCH3 is 1. The van der Waals surface area contributed by atoms with Crippen LogP contribution >= 0.6 is 0 Å². The van der Waals surface area contributed by atoms with Crippen molar-refractivity contribution in [3.8, 4) is 11.6 Å². The van der Waals surface area contributed by atoms with Gasteiger partial charge in [0.1, 0.15) is 0 Å². The highest BCUT2D eigenvalue weighted by atomic mass is 16.5. The van der Waals surface area contributed by atoms with Gasteiger partial charge in [-0.15, -0.1) is 5.10 Å². The van der Waals surface area contributed by atoms with Gasteiger partial charge in [0.2, 0.25) is 11.8 Å². The van der Waals surface area contributed by atoms with Crippen LogP contribution in [0.15, 0.2) is 48.8 Å². The highest BCUT2D eigenvalue weighted by molar-refractivity contribution is 5.92. The van der Waals surface area contributed by atoms with E-state index in [-0.39, 0.29) is 5.91 Å². The van der Waals surface area contributed by atoms with E-state index in [9.17, 15) is 4.79 Å². The van der Waals surface area contributed by atoms with Crippen LogP contribution in [0.5, 0.6) is 5.88 Å². The molecule has 2 fully saturated rings. The van der Waals surface area contributed by atoms with Crippen molar-refractivity contribution in [1.29, 1.82) is 0 Å². The molecule has 9 heteroatoms. The van der Waals surface area contributed by atoms with E-state index >= 15 is 0 Å². The summed E-state index contributed by atoms with van der Waals surface area (Å²) in [4.78, 5) is 27.3. The fraction of sp³-hybridized carbons (Fsp3) is 0.350. The number of nitrogens with zero attached hydrogens (tertiary/aromatic N) is 7. The van der Waals surface area contributed by atoms with Crippen molar-refractivity contribution >= 4 is 11.9 Å². The molecule has 0 spiro atoms. The molecule has 0 bridgehead atoms. The van der Waals surface area contributed by atoms with Crippen LogP contribution in [0, 0.1) is 11.8 Å². The smallest absolute Gasteiger partial charge is 0.276 e.